The van der Waals surface area contributed by atoms with Gasteiger partial charge in [-0.2, -0.15) is 0 Å². The molecule has 35 nitrogen and oxygen atoms in total. The number of unbranched alkanes of at least 4 members (excludes halogenated alkanes) is 4. The normalized spacial score (nSPS) is 15.7. The van der Waals surface area contributed by atoms with E-state index in [1.807, 2.05) is 34.6 Å². The topological polar surface area (TPSA) is 595 Å². The fourth-order valence-electron chi connectivity index (χ4n) is 10.9. The van der Waals surface area contributed by atoms with Crippen molar-refractivity contribution in [2.75, 3.05) is 26.2 Å². The van der Waals surface area contributed by atoms with Crippen molar-refractivity contribution in [1.82, 2.24) is 69.1 Å². The molecule has 0 unspecified atom stereocenters. The van der Waals surface area contributed by atoms with E-state index in [1.54, 1.807) is 34.6 Å². The number of hydrogen-bond acceptors (Lipinski definition) is 20. The number of nitrogens with one attached hydrogen (secondary N) is 13. The Kier molecular flexibility index (Phi) is 47.9. The molecule has 0 aliphatic heterocycles. The quantitative estimate of drug-likeness (QED) is 0.0267. The van der Waals surface area contributed by atoms with Crippen LogP contribution in [0.25, 0.3) is 0 Å². The molecule has 0 aliphatic rings. The maximum Gasteiger partial charge on any atom is 0.243 e. The van der Waals surface area contributed by atoms with Gasteiger partial charge in [0.05, 0.1) is 12.5 Å². The van der Waals surface area contributed by atoms with Crippen LogP contribution in [0.15, 0.2) is 0 Å². The van der Waals surface area contributed by atoms with Crippen molar-refractivity contribution < 1.29 is 71.9 Å². The Morgan fingerprint density at radius 2 is 0.476 bits per heavy atom. The number of carbonyl (C=O) groups is 15. The van der Waals surface area contributed by atoms with Crippen LogP contribution in [0.4, 0.5) is 0 Å². The molecule has 602 valence electrons. The van der Waals surface area contributed by atoms with Crippen LogP contribution in [-0.4, -0.2) is 199 Å². The Bertz CT molecular complexity index is 2800. The van der Waals surface area contributed by atoms with Crippen LogP contribution in [0.2, 0.25) is 0 Å². The van der Waals surface area contributed by atoms with Crippen LogP contribution in [0.1, 0.15) is 213 Å². The van der Waals surface area contributed by atoms with E-state index in [0.29, 0.717) is 57.8 Å². The molecule has 105 heavy (non-hydrogen) atoms. The number of rotatable bonds is 55. The van der Waals surface area contributed by atoms with Crippen molar-refractivity contribution in [3.63, 3.8) is 0 Å². The average Bonchev–Trinajstić information content (AvgIpc) is 0.867. The number of carbonyl (C=O) groups excluding carboxylic acids is 15. The molecule has 0 bridgehead atoms. The first-order valence-corrected chi connectivity index (χ1v) is 37.3. The van der Waals surface area contributed by atoms with E-state index in [-0.39, 0.29) is 107 Å². The highest BCUT2D eigenvalue weighted by atomic mass is 16.2. The summed E-state index contributed by atoms with van der Waals surface area (Å²) in [4.78, 5) is 204. The average molecular weight is 1490 g/mol. The molecule has 0 aromatic carbocycles. The highest BCUT2D eigenvalue weighted by Crippen LogP contribution is 2.15. The third-order valence-corrected chi connectivity index (χ3v) is 17.3. The summed E-state index contributed by atoms with van der Waals surface area (Å²) in [6, 6.07) is -17.4. The van der Waals surface area contributed by atoms with Crippen molar-refractivity contribution in [1.29, 1.82) is 0 Å². The summed E-state index contributed by atoms with van der Waals surface area (Å²) >= 11 is 0. The first kappa shape index (κ1) is 96.8. The van der Waals surface area contributed by atoms with E-state index in [0.717, 1.165) is 0 Å². The molecule has 0 aliphatic carbocycles. The van der Waals surface area contributed by atoms with Gasteiger partial charge in [0.1, 0.15) is 78.5 Å². The van der Waals surface area contributed by atoms with Crippen LogP contribution < -0.4 is 109 Å². The number of hydrogen-bond donors (Lipinski definition) is 20. The van der Waals surface area contributed by atoms with Gasteiger partial charge in [0.2, 0.25) is 88.6 Å². The fourth-order valence-corrected chi connectivity index (χ4v) is 10.9. The van der Waals surface area contributed by atoms with Crippen LogP contribution in [0, 0.1) is 29.6 Å². The third-order valence-electron chi connectivity index (χ3n) is 17.3. The van der Waals surface area contributed by atoms with Gasteiger partial charge in [-0.1, -0.05) is 75.7 Å². The molecule has 0 fully saturated rings. The van der Waals surface area contributed by atoms with Crippen molar-refractivity contribution in [2.45, 2.75) is 297 Å². The van der Waals surface area contributed by atoms with Crippen molar-refractivity contribution >= 4 is 88.6 Å². The highest BCUT2D eigenvalue weighted by Gasteiger charge is 2.37. The van der Waals surface area contributed by atoms with E-state index in [2.05, 4.69) is 69.1 Å². The van der Waals surface area contributed by atoms with Gasteiger partial charge < -0.3 is 109 Å². The first-order chi connectivity index (χ1) is 49.2. The SMILES string of the molecule is CC[C@H](C)[C@H](N)C(=O)N[C@@H](CC(N)=O)C(=O)N[C@@H](CC(C)C)C(=O)N[C@@H](CCCCN)C(=O)N[C@@H](C)C(=O)N[C@@H](CCCCN)C(=O)N[C@@H](C)C(=O)N[C@@H](C)C(=O)N[C@@H](CC(C)C)C(=O)N[C@@H](C)C(=O)N[C@@H](CCCCN)C(=O)N[C@@H](CCCCN)C(=O)N[C@@H](CC(C)C)C(=O)N[C@@H](CC(C)C)C(N)=O. The predicted octanol–water partition coefficient (Wildman–Crippen LogP) is -3.20. The predicted molar refractivity (Wildman–Crippen MR) is 398 cm³/mol. The highest BCUT2D eigenvalue weighted by molar-refractivity contribution is 6.00. The molecule has 15 atom stereocenters. The Labute approximate surface area is 620 Å². The van der Waals surface area contributed by atoms with Gasteiger partial charge in [-0.3, -0.25) is 71.9 Å². The Hall–Kier alpha value is -8.15. The molecule has 0 spiro atoms. The van der Waals surface area contributed by atoms with Gasteiger partial charge in [-0.05, 0) is 186 Å². The summed E-state index contributed by atoms with van der Waals surface area (Å²) in [5.41, 5.74) is 40.2. The summed E-state index contributed by atoms with van der Waals surface area (Å²) < 4.78 is 0. The van der Waals surface area contributed by atoms with E-state index in [9.17, 15) is 71.9 Å². The third kappa shape index (κ3) is 39.7. The molecular weight excluding hydrogens is 1360 g/mol. The first-order valence-electron chi connectivity index (χ1n) is 37.3. The summed E-state index contributed by atoms with van der Waals surface area (Å²) in [6.07, 6.45) is 4.05. The van der Waals surface area contributed by atoms with Gasteiger partial charge >= 0.3 is 0 Å². The molecule has 0 radical (unpaired) electrons. The Morgan fingerprint density at radius 3 is 0.752 bits per heavy atom. The minimum absolute atomic E-state index is 0.00700. The lowest BCUT2D eigenvalue weighted by atomic mass is 9.98. The lowest BCUT2D eigenvalue weighted by Crippen LogP contribution is -2.60. The number of amides is 15. The second-order valence-corrected chi connectivity index (χ2v) is 29.1. The standard InChI is InChI=1S/C70H132N20O15/c1-15-41(10)56(76)70(105)90-54(36-55(75)91)69(104)89-52(34-39(6)7)67(102)85-47(25-17-21-29-72)63(98)80-44(13)59(94)82-46(24-16-20-28-71)62(97)79-42(11)58(93)78-43(12)61(96)87-51(33-38(4)5)66(101)81-45(14)60(95)83-48(26-18-22-30-73)64(99)84-49(27-19-23-31-74)65(100)88-53(35-40(8)9)68(103)86-50(57(77)92)32-37(2)3/h37-54,56H,15-36,71-74,76H2,1-14H3,(H2,75,91)(H2,77,92)(H,78,93)(H,79,97)(H,80,98)(H,81,101)(H,82,94)(H,83,95)(H,84,99)(H,85,102)(H,86,103)(H,87,96)(H,88,100)(H,89,104)(H,90,105)/t41-,42-,43-,44-,45-,46-,47-,48-,49-,50-,51-,52-,53-,54-,56-/m0/s1. The van der Waals surface area contributed by atoms with Crippen LogP contribution in [0.5, 0.6) is 0 Å². The monoisotopic (exact) mass is 1490 g/mol. The number of primary amides is 2. The molecule has 0 aromatic rings. The lowest BCUT2D eigenvalue weighted by Gasteiger charge is -2.28. The van der Waals surface area contributed by atoms with Crippen LogP contribution in [-0.2, 0) is 71.9 Å². The molecule has 0 rings (SSSR count). The zero-order valence-corrected chi connectivity index (χ0v) is 64.7. The maximum atomic E-state index is 14.2. The molecule has 0 saturated heterocycles. The summed E-state index contributed by atoms with van der Waals surface area (Å²) in [6.45, 7) is 24.5. The van der Waals surface area contributed by atoms with Gasteiger partial charge in [-0.15, -0.1) is 0 Å². The zero-order chi connectivity index (χ0) is 80.4. The molecule has 27 N–H and O–H groups in total. The van der Waals surface area contributed by atoms with E-state index < -0.39 is 180 Å². The molecule has 0 heterocycles. The zero-order valence-electron chi connectivity index (χ0n) is 64.7. The molecule has 0 aromatic heterocycles. The van der Waals surface area contributed by atoms with Crippen molar-refractivity contribution in [3.05, 3.63) is 0 Å². The van der Waals surface area contributed by atoms with Crippen molar-refractivity contribution in [2.24, 2.45) is 69.7 Å². The van der Waals surface area contributed by atoms with E-state index in [1.165, 1.54) is 27.7 Å². The van der Waals surface area contributed by atoms with Gasteiger partial charge in [0.15, 0.2) is 0 Å². The minimum atomic E-state index is -1.49. The van der Waals surface area contributed by atoms with Gasteiger partial charge in [0, 0.05) is 0 Å². The molecule has 0 saturated carbocycles. The molecule has 35 heteroatoms. The fraction of sp³-hybridized carbons (Fsp3) is 0.786. The maximum absolute atomic E-state index is 14.2. The molecular formula is C70H132N20O15. The van der Waals surface area contributed by atoms with Gasteiger partial charge in [0.25, 0.3) is 0 Å². The van der Waals surface area contributed by atoms with Crippen LogP contribution >= 0.6 is 0 Å². The summed E-state index contributed by atoms with van der Waals surface area (Å²) in [5.74, 6) is -12.6. The smallest absolute Gasteiger partial charge is 0.243 e. The number of nitrogens with two attached hydrogens (primary N) is 7. The largest absolute Gasteiger partial charge is 0.370 e. The van der Waals surface area contributed by atoms with Gasteiger partial charge in [-0.25, -0.2) is 0 Å². The summed E-state index contributed by atoms with van der Waals surface area (Å²) in [7, 11) is 0. The minimum Gasteiger partial charge on any atom is -0.370 e. The van der Waals surface area contributed by atoms with E-state index >= 15 is 0 Å². The Balaban J connectivity index is 6.42. The molecule has 15 amide bonds. The second-order valence-electron chi connectivity index (χ2n) is 29.1. The Morgan fingerprint density at radius 1 is 0.267 bits per heavy atom. The summed E-state index contributed by atoms with van der Waals surface area (Å²) in [5, 5.41) is 34.0. The van der Waals surface area contributed by atoms with Crippen LogP contribution in [0.3, 0.4) is 0 Å². The lowest BCUT2D eigenvalue weighted by molar-refractivity contribution is -0.136. The second kappa shape index (κ2) is 51.9. The van der Waals surface area contributed by atoms with Crippen molar-refractivity contribution in [3.8, 4) is 0 Å². The van der Waals surface area contributed by atoms with E-state index in [4.69, 9.17) is 40.1 Å².